The Morgan fingerprint density at radius 2 is 1.92 bits per heavy atom. The first kappa shape index (κ1) is 19.0. The van der Waals surface area contributed by atoms with E-state index in [0.717, 1.165) is 44.5 Å². The molecule has 0 radical (unpaired) electrons. The van der Waals surface area contributed by atoms with Gasteiger partial charge in [0.1, 0.15) is 0 Å². The first-order chi connectivity index (χ1) is 11.5. The lowest BCUT2D eigenvalue weighted by Crippen LogP contribution is -2.47. The summed E-state index contributed by atoms with van der Waals surface area (Å²) in [5.74, 6) is 2.06. The number of hydrogen-bond donors (Lipinski definition) is 2. The van der Waals surface area contributed by atoms with Gasteiger partial charge in [0.25, 0.3) is 0 Å². The highest BCUT2D eigenvalue weighted by Gasteiger charge is 2.27. The molecule has 2 heterocycles. The summed E-state index contributed by atoms with van der Waals surface area (Å²) in [5, 5.41) is 6.88. The van der Waals surface area contributed by atoms with Gasteiger partial charge in [-0.05, 0) is 38.3 Å². The highest BCUT2D eigenvalue weighted by molar-refractivity contribution is 5.81. The number of amides is 1. The normalized spacial score (nSPS) is 23.8. The minimum Gasteiger partial charge on any atom is -0.355 e. The number of rotatable bonds is 5. The van der Waals surface area contributed by atoms with Crippen molar-refractivity contribution in [3.8, 4) is 0 Å². The Kier molecular flexibility index (Phi) is 7.34. The largest absolute Gasteiger partial charge is 0.355 e. The SMILES string of the molecule is CN=C(NCCN1CCC(C)CC1)NC1CCN(C(=O)C(C)C)C1. The van der Waals surface area contributed by atoms with Gasteiger partial charge in [0.2, 0.25) is 5.91 Å². The average Bonchev–Trinajstić information content (AvgIpc) is 3.03. The summed E-state index contributed by atoms with van der Waals surface area (Å²) in [6.07, 6.45) is 3.62. The standard InChI is InChI=1S/C18H35N5O/c1-14(2)17(24)23-11-7-16(13-23)21-18(19-4)20-8-12-22-9-5-15(3)6-10-22/h14-16H,5-13H2,1-4H3,(H2,19,20,21). The lowest BCUT2D eigenvalue weighted by Gasteiger charge is -2.30. The molecule has 138 valence electrons. The van der Waals surface area contributed by atoms with Gasteiger partial charge < -0.3 is 20.4 Å². The molecule has 0 spiro atoms. The minimum absolute atomic E-state index is 0.0773. The number of carbonyl (C=O) groups excluding carboxylic acids is 1. The molecule has 6 nitrogen and oxygen atoms in total. The topological polar surface area (TPSA) is 60.0 Å². The van der Waals surface area contributed by atoms with Crippen molar-refractivity contribution >= 4 is 11.9 Å². The van der Waals surface area contributed by atoms with Crippen molar-refractivity contribution in [1.82, 2.24) is 20.4 Å². The summed E-state index contributed by atoms with van der Waals surface area (Å²) in [6.45, 7) is 12.3. The van der Waals surface area contributed by atoms with Gasteiger partial charge in [-0.1, -0.05) is 20.8 Å². The van der Waals surface area contributed by atoms with E-state index >= 15 is 0 Å². The smallest absolute Gasteiger partial charge is 0.225 e. The molecule has 1 unspecified atom stereocenters. The molecule has 1 amide bonds. The Morgan fingerprint density at radius 1 is 1.21 bits per heavy atom. The van der Waals surface area contributed by atoms with Crippen molar-refractivity contribution in [2.75, 3.05) is 46.3 Å². The van der Waals surface area contributed by atoms with E-state index in [2.05, 4.69) is 27.4 Å². The second-order valence-electron chi connectivity index (χ2n) is 7.59. The quantitative estimate of drug-likeness (QED) is 0.583. The third kappa shape index (κ3) is 5.65. The van der Waals surface area contributed by atoms with E-state index in [0.29, 0.717) is 6.04 Å². The Labute approximate surface area is 147 Å². The molecule has 2 saturated heterocycles. The zero-order chi connectivity index (χ0) is 17.5. The lowest BCUT2D eigenvalue weighted by atomic mass is 9.99. The van der Waals surface area contributed by atoms with Crippen molar-refractivity contribution in [3.05, 3.63) is 0 Å². The molecule has 1 atom stereocenters. The van der Waals surface area contributed by atoms with E-state index < -0.39 is 0 Å². The van der Waals surface area contributed by atoms with E-state index in [4.69, 9.17) is 0 Å². The molecule has 2 aliphatic heterocycles. The van der Waals surface area contributed by atoms with Gasteiger partial charge in [-0.2, -0.15) is 0 Å². The van der Waals surface area contributed by atoms with Gasteiger partial charge in [0.15, 0.2) is 5.96 Å². The summed E-state index contributed by atoms with van der Waals surface area (Å²) >= 11 is 0. The fourth-order valence-electron chi connectivity index (χ4n) is 3.45. The van der Waals surface area contributed by atoms with Crippen LogP contribution in [0.25, 0.3) is 0 Å². The minimum atomic E-state index is 0.0773. The summed E-state index contributed by atoms with van der Waals surface area (Å²) < 4.78 is 0. The van der Waals surface area contributed by atoms with Crippen LogP contribution < -0.4 is 10.6 Å². The number of piperidine rings is 1. The van der Waals surface area contributed by atoms with E-state index in [1.165, 1.54) is 25.9 Å². The van der Waals surface area contributed by atoms with Crippen LogP contribution in [0.5, 0.6) is 0 Å². The first-order valence-corrected chi connectivity index (χ1v) is 9.48. The maximum Gasteiger partial charge on any atom is 0.225 e. The van der Waals surface area contributed by atoms with Crippen LogP contribution in [0.1, 0.15) is 40.0 Å². The van der Waals surface area contributed by atoms with Gasteiger partial charge in [0, 0.05) is 45.2 Å². The van der Waals surface area contributed by atoms with Crippen LogP contribution in [0.3, 0.4) is 0 Å². The summed E-state index contributed by atoms with van der Waals surface area (Å²) in [7, 11) is 1.81. The number of likely N-dealkylation sites (tertiary alicyclic amines) is 2. The van der Waals surface area contributed by atoms with Crippen LogP contribution in [0, 0.1) is 11.8 Å². The van der Waals surface area contributed by atoms with Crippen LogP contribution in [-0.2, 0) is 4.79 Å². The van der Waals surface area contributed by atoms with Gasteiger partial charge in [0.05, 0.1) is 0 Å². The molecule has 24 heavy (non-hydrogen) atoms. The van der Waals surface area contributed by atoms with Gasteiger partial charge in [-0.3, -0.25) is 9.79 Å². The lowest BCUT2D eigenvalue weighted by molar-refractivity contribution is -0.133. The van der Waals surface area contributed by atoms with E-state index in [1.54, 1.807) is 0 Å². The third-order valence-electron chi connectivity index (χ3n) is 5.16. The summed E-state index contributed by atoms with van der Waals surface area (Å²) in [6, 6.07) is 0.301. The molecule has 2 N–H and O–H groups in total. The van der Waals surface area contributed by atoms with Gasteiger partial charge in [-0.25, -0.2) is 0 Å². The molecule has 2 rings (SSSR count). The number of hydrogen-bond acceptors (Lipinski definition) is 3. The van der Waals surface area contributed by atoms with Crippen molar-refractivity contribution in [1.29, 1.82) is 0 Å². The Hall–Kier alpha value is -1.30. The maximum atomic E-state index is 12.1. The summed E-state index contributed by atoms with van der Waals surface area (Å²) in [5.41, 5.74) is 0. The predicted octanol–water partition coefficient (Wildman–Crippen LogP) is 1.14. The number of guanidine groups is 1. The Bertz CT molecular complexity index is 429. The Morgan fingerprint density at radius 3 is 2.54 bits per heavy atom. The third-order valence-corrected chi connectivity index (χ3v) is 5.16. The molecular formula is C18H35N5O. The molecule has 2 fully saturated rings. The number of carbonyl (C=O) groups is 1. The molecular weight excluding hydrogens is 302 g/mol. The second-order valence-corrected chi connectivity index (χ2v) is 7.59. The maximum absolute atomic E-state index is 12.1. The highest BCUT2D eigenvalue weighted by atomic mass is 16.2. The molecule has 0 saturated carbocycles. The van der Waals surface area contributed by atoms with Crippen LogP contribution in [0.15, 0.2) is 4.99 Å². The highest BCUT2D eigenvalue weighted by Crippen LogP contribution is 2.15. The van der Waals surface area contributed by atoms with Crippen LogP contribution in [0.4, 0.5) is 0 Å². The monoisotopic (exact) mass is 337 g/mol. The van der Waals surface area contributed by atoms with E-state index in [9.17, 15) is 4.79 Å². The van der Waals surface area contributed by atoms with E-state index in [1.807, 2.05) is 25.8 Å². The predicted molar refractivity (Wildman–Crippen MR) is 99.2 cm³/mol. The average molecular weight is 338 g/mol. The van der Waals surface area contributed by atoms with Gasteiger partial charge in [-0.15, -0.1) is 0 Å². The molecule has 0 aromatic carbocycles. The molecule has 2 aliphatic rings. The molecule has 6 heteroatoms. The Balaban J connectivity index is 1.67. The van der Waals surface area contributed by atoms with E-state index in [-0.39, 0.29) is 11.8 Å². The molecule has 0 bridgehead atoms. The fraction of sp³-hybridized carbons (Fsp3) is 0.889. The van der Waals surface area contributed by atoms with Crippen molar-refractivity contribution < 1.29 is 4.79 Å². The number of aliphatic imine (C=N–C) groups is 1. The van der Waals surface area contributed by atoms with Crippen LogP contribution in [-0.4, -0.2) is 74.0 Å². The van der Waals surface area contributed by atoms with Crippen molar-refractivity contribution in [2.24, 2.45) is 16.8 Å². The van der Waals surface area contributed by atoms with Crippen molar-refractivity contribution in [2.45, 2.75) is 46.1 Å². The van der Waals surface area contributed by atoms with Crippen molar-refractivity contribution in [3.63, 3.8) is 0 Å². The first-order valence-electron chi connectivity index (χ1n) is 9.48. The number of nitrogens with one attached hydrogen (secondary N) is 2. The number of nitrogens with zero attached hydrogens (tertiary/aromatic N) is 3. The fourth-order valence-corrected chi connectivity index (χ4v) is 3.45. The molecule has 0 aliphatic carbocycles. The molecule has 0 aromatic heterocycles. The van der Waals surface area contributed by atoms with Gasteiger partial charge >= 0.3 is 0 Å². The zero-order valence-electron chi connectivity index (χ0n) is 15.8. The second kappa shape index (κ2) is 9.25. The van der Waals surface area contributed by atoms with Crippen LogP contribution >= 0.6 is 0 Å². The van der Waals surface area contributed by atoms with Crippen LogP contribution in [0.2, 0.25) is 0 Å². The zero-order valence-corrected chi connectivity index (χ0v) is 15.8. The summed E-state index contributed by atoms with van der Waals surface area (Å²) in [4.78, 5) is 20.9. The molecule has 0 aromatic rings.